The van der Waals surface area contributed by atoms with Crippen molar-refractivity contribution >= 4 is 17.8 Å². The number of benzene rings is 2. The molecule has 0 spiro atoms. The highest BCUT2D eigenvalue weighted by molar-refractivity contribution is 6.01. The minimum absolute atomic E-state index is 0.284. The Kier molecular flexibility index (Phi) is 6.69. The molecule has 0 aromatic heterocycles. The first kappa shape index (κ1) is 18.9. The molecule has 5 heteroatoms. The van der Waals surface area contributed by atoms with Crippen LogP contribution in [0.3, 0.4) is 0 Å². The normalized spacial score (nSPS) is 11.6. The zero-order valence-corrected chi connectivity index (χ0v) is 14.6. The summed E-state index contributed by atoms with van der Waals surface area (Å²) in [4.78, 5) is 24.2. The summed E-state index contributed by atoms with van der Waals surface area (Å²) >= 11 is 0. The van der Waals surface area contributed by atoms with Crippen LogP contribution >= 0.6 is 0 Å². The van der Waals surface area contributed by atoms with Crippen LogP contribution in [0, 0.1) is 11.3 Å². The van der Waals surface area contributed by atoms with E-state index in [1.54, 1.807) is 54.6 Å². The maximum atomic E-state index is 12.3. The number of nitrogens with zero attached hydrogens (tertiary/aromatic N) is 1. The molecule has 2 rings (SSSR count). The maximum absolute atomic E-state index is 12.3. The predicted molar refractivity (Wildman–Crippen MR) is 97.7 cm³/mol. The lowest BCUT2D eigenvalue weighted by atomic mass is 10.1. The minimum Gasteiger partial charge on any atom is -0.494 e. The molecule has 0 heterocycles. The summed E-state index contributed by atoms with van der Waals surface area (Å²) in [5, 5.41) is 8.75. The van der Waals surface area contributed by atoms with Gasteiger partial charge < -0.3 is 9.47 Å². The highest BCUT2D eigenvalue weighted by Gasteiger charge is 2.18. The number of ketones is 1. The average Bonchev–Trinajstić information content (AvgIpc) is 2.67. The van der Waals surface area contributed by atoms with Gasteiger partial charge in [-0.3, -0.25) is 4.79 Å². The van der Waals surface area contributed by atoms with E-state index in [0.29, 0.717) is 23.5 Å². The molecule has 2 aromatic rings. The third-order valence-corrected chi connectivity index (χ3v) is 3.56. The molecule has 26 heavy (non-hydrogen) atoms. The Balaban J connectivity index is 1.93. The number of nitriles is 1. The molecular formula is C21H19NO4. The Morgan fingerprint density at radius 3 is 2.35 bits per heavy atom. The molecule has 1 atom stereocenters. The number of ether oxygens (including phenoxy) is 2. The Labute approximate surface area is 152 Å². The van der Waals surface area contributed by atoms with Gasteiger partial charge in [-0.1, -0.05) is 12.1 Å². The van der Waals surface area contributed by atoms with Crippen LogP contribution in [0.4, 0.5) is 0 Å². The molecule has 0 aliphatic heterocycles. The monoisotopic (exact) mass is 349 g/mol. The molecule has 0 radical (unpaired) electrons. The molecule has 0 bridgehead atoms. The van der Waals surface area contributed by atoms with Crippen molar-refractivity contribution in [3.8, 4) is 11.8 Å². The summed E-state index contributed by atoms with van der Waals surface area (Å²) < 4.78 is 10.5. The van der Waals surface area contributed by atoms with Crippen LogP contribution in [0.1, 0.15) is 35.3 Å². The Morgan fingerprint density at radius 2 is 1.77 bits per heavy atom. The number of hydrogen-bond donors (Lipinski definition) is 0. The van der Waals surface area contributed by atoms with E-state index in [0.717, 1.165) is 5.56 Å². The Morgan fingerprint density at radius 1 is 1.12 bits per heavy atom. The topological polar surface area (TPSA) is 76.4 Å². The van der Waals surface area contributed by atoms with E-state index in [2.05, 4.69) is 0 Å². The molecule has 0 aliphatic carbocycles. The van der Waals surface area contributed by atoms with Crippen LogP contribution in [0.2, 0.25) is 0 Å². The molecule has 2 aromatic carbocycles. The SMILES string of the molecule is CCOc1ccc(C(=O)[C@H](C)OC(=O)/C=C/c2ccc(C#N)cc2)cc1. The molecular weight excluding hydrogens is 330 g/mol. The molecule has 0 unspecified atom stereocenters. The fraction of sp³-hybridized carbons (Fsp3) is 0.190. The van der Waals surface area contributed by atoms with E-state index in [-0.39, 0.29) is 5.78 Å². The second-order valence-corrected chi connectivity index (χ2v) is 5.47. The van der Waals surface area contributed by atoms with Crippen LogP contribution in [0.15, 0.2) is 54.6 Å². The number of hydrogen-bond acceptors (Lipinski definition) is 5. The molecule has 0 fully saturated rings. The first-order valence-corrected chi connectivity index (χ1v) is 8.19. The molecule has 0 amide bonds. The number of rotatable bonds is 7. The number of carbonyl (C=O) groups excluding carboxylic acids is 2. The zero-order chi connectivity index (χ0) is 18.9. The third-order valence-electron chi connectivity index (χ3n) is 3.56. The van der Waals surface area contributed by atoms with E-state index in [1.807, 2.05) is 13.0 Å². The van der Waals surface area contributed by atoms with E-state index >= 15 is 0 Å². The van der Waals surface area contributed by atoms with Crippen molar-refractivity contribution in [1.82, 2.24) is 0 Å². The second-order valence-electron chi connectivity index (χ2n) is 5.47. The van der Waals surface area contributed by atoms with Crippen LogP contribution in [-0.4, -0.2) is 24.5 Å². The van der Waals surface area contributed by atoms with E-state index < -0.39 is 12.1 Å². The fourth-order valence-electron chi connectivity index (χ4n) is 2.22. The van der Waals surface area contributed by atoms with Gasteiger partial charge in [-0.2, -0.15) is 5.26 Å². The number of Topliss-reactive ketones (excluding diaryl/α,β-unsaturated/α-hetero) is 1. The predicted octanol–water partition coefficient (Wildman–Crippen LogP) is 3.78. The van der Waals surface area contributed by atoms with Gasteiger partial charge in [0.25, 0.3) is 0 Å². The summed E-state index contributed by atoms with van der Waals surface area (Å²) in [5.74, 6) is -0.214. The van der Waals surface area contributed by atoms with Gasteiger partial charge in [-0.05, 0) is 61.9 Å². The molecule has 0 N–H and O–H groups in total. The summed E-state index contributed by atoms with van der Waals surface area (Å²) in [6.45, 7) is 3.96. The van der Waals surface area contributed by atoms with E-state index in [9.17, 15) is 9.59 Å². The largest absolute Gasteiger partial charge is 0.494 e. The number of esters is 1. The summed E-state index contributed by atoms with van der Waals surface area (Å²) in [7, 11) is 0. The summed E-state index contributed by atoms with van der Waals surface area (Å²) in [5.41, 5.74) is 1.75. The van der Waals surface area contributed by atoms with Crippen LogP contribution < -0.4 is 4.74 Å². The van der Waals surface area contributed by atoms with Crippen molar-refractivity contribution in [2.45, 2.75) is 20.0 Å². The van der Waals surface area contributed by atoms with Crippen molar-refractivity contribution in [3.63, 3.8) is 0 Å². The lowest BCUT2D eigenvalue weighted by Crippen LogP contribution is -2.23. The van der Waals surface area contributed by atoms with E-state index in [4.69, 9.17) is 14.7 Å². The van der Waals surface area contributed by atoms with Gasteiger partial charge in [0.05, 0.1) is 18.2 Å². The number of carbonyl (C=O) groups is 2. The van der Waals surface area contributed by atoms with Crippen LogP contribution in [0.25, 0.3) is 6.08 Å². The quantitative estimate of drug-likeness (QED) is 0.432. The lowest BCUT2D eigenvalue weighted by molar-refractivity contribution is -0.140. The van der Waals surface area contributed by atoms with Crippen molar-refractivity contribution in [2.75, 3.05) is 6.61 Å². The van der Waals surface area contributed by atoms with Gasteiger partial charge in [0, 0.05) is 11.6 Å². The van der Waals surface area contributed by atoms with Gasteiger partial charge >= 0.3 is 5.97 Å². The molecule has 0 saturated carbocycles. The first-order valence-electron chi connectivity index (χ1n) is 8.19. The summed E-state index contributed by atoms with van der Waals surface area (Å²) in [6.07, 6.45) is 1.92. The Hall–Kier alpha value is -3.39. The Bertz CT molecular complexity index is 830. The van der Waals surface area contributed by atoms with Crippen LogP contribution in [0.5, 0.6) is 5.75 Å². The van der Waals surface area contributed by atoms with Gasteiger partial charge in [-0.15, -0.1) is 0 Å². The highest BCUT2D eigenvalue weighted by atomic mass is 16.5. The molecule has 132 valence electrons. The van der Waals surface area contributed by atoms with Crippen molar-refractivity contribution in [1.29, 1.82) is 5.26 Å². The van der Waals surface area contributed by atoms with Gasteiger partial charge in [0.2, 0.25) is 5.78 Å². The van der Waals surface area contributed by atoms with Crippen molar-refractivity contribution in [2.24, 2.45) is 0 Å². The second kappa shape index (κ2) is 9.19. The highest BCUT2D eigenvalue weighted by Crippen LogP contribution is 2.14. The molecule has 0 aliphatic rings. The van der Waals surface area contributed by atoms with Gasteiger partial charge in [0.15, 0.2) is 6.10 Å². The lowest BCUT2D eigenvalue weighted by Gasteiger charge is -2.11. The third kappa shape index (κ3) is 5.32. The molecule has 0 saturated heterocycles. The fourth-order valence-corrected chi connectivity index (χ4v) is 2.22. The molecule has 5 nitrogen and oxygen atoms in total. The van der Waals surface area contributed by atoms with Crippen molar-refractivity contribution in [3.05, 3.63) is 71.3 Å². The maximum Gasteiger partial charge on any atom is 0.331 e. The smallest absolute Gasteiger partial charge is 0.331 e. The first-order chi connectivity index (χ1) is 12.5. The van der Waals surface area contributed by atoms with Gasteiger partial charge in [-0.25, -0.2) is 4.79 Å². The zero-order valence-electron chi connectivity index (χ0n) is 14.6. The van der Waals surface area contributed by atoms with Gasteiger partial charge in [0.1, 0.15) is 5.75 Å². The van der Waals surface area contributed by atoms with Crippen molar-refractivity contribution < 1.29 is 19.1 Å². The minimum atomic E-state index is -0.897. The standard InChI is InChI=1S/C21H19NO4/c1-3-25-19-11-9-18(10-12-19)21(24)15(2)26-20(23)13-8-16-4-6-17(14-22)7-5-16/h4-13,15H,3H2,1-2H3/b13-8+/t15-/m0/s1. The summed E-state index contributed by atoms with van der Waals surface area (Å²) in [6, 6.07) is 15.5. The average molecular weight is 349 g/mol. The van der Waals surface area contributed by atoms with Crippen LogP contribution in [-0.2, 0) is 9.53 Å². The van der Waals surface area contributed by atoms with E-state index in [1.165, 1.54) is 13.0 Å².